The van der Waals surface area contributed by atoms with Gasteiger partial charge in [-0.3, -0.25) is 9.59 Å². The lowest BCUT2D eigenvalue weighted by Crippen LogP contribution is -2.40. The van der Waals surface area contributed by atoms with Gasteiger partial charge in [-0.05, 0) is 44.1 Å². The first-order chi connectivity index (χ1) is 10.2. The van der Waals surface area contributed by atoms with Crippen molar-refractivity contribution >= 4 is 23.2 Å². The molecule has 0 unspecified atom stereocenters. The third-order valence-corrected chi connectivity index (χ3v) is 4.80. The van der Waals surface area contributed by atoms with Crippen molar-refractivity contribution in [3.63, 3.8) is 0 Å². The Morgan fingerprint density at radius 1 is 1.38 bits per heavy atom. The van der Waals surface area contributed by atoms with Crippen molar-refractivity contribution < 1.29 is 14.3 Å². The van der Waals surface area contributed by atoms with E-state index in [0.29, 0.717) is 26.1 Å². The smallest absolute Gasteiger partial charge is 0.309 e. The molecule has 0 radical (unpaired) electrons. The summed E-state index contributed by atoms with van der Waals surface area (Å²) in [6.07, 6.45) is 3.94. The quantitative estimate of drug-likeness (QED) is 0.759. The molecule has 0 saturated carbocycles. The van der Waals surface area contributed by atoms with Crippen LogP contribution in [0.5, 0.6) is 0 Å². The van der Waals surface area contributed by atoms with E-state index in [1.165, 1.54) is 4.88 Å². The Kier molecular flexibility index (Phi) is 6.23. The molecule has 0 bridgehead atoms. The number of amides is 1. The average Bonchev–Trinajstić information content (AvgIpc) is 3.01. The molecule has 21 heavy (non-hydrogen) atoms. The summed E-state index contributed by atoms with van der Waals surface area (Å²) in [6.45, 7) is 3.62. The Balaban J connectivity index is 1.67. The van der Waals surface area contributed by atoms with Crippen molar-refractivity contribution in [1.29, 1.82) is 0 Å². The van der Waals surface area contributed by atoms with Crippen LogP contribution >= 0.6 is 11.3 Å². The van der Waals surface area contributed by atoms with Crippen LogP contribution in [0.2, 0.25) is 0 Å². The number of rotatable bonds is 6. The van der Waals surface area contributed by atoms with Crippen LogP contribution in [0.15, 0.2) is 17.5 Å². The van der Waals surface area contributed by atoms with Crippen molar-refractivity contribution in [2.75, 3.05) is 19.7 Å². The highest BCUT2D eigenvalue weighted by atomic mass is 32.1. The largest absolute Gasteiger partial charge is 0.466 e. The number of aryl methyl sites for hydroxylation is 1. The van der Waals surface area contributed by atoms with Gasteiger partial charge in [0.1, 0.15) is 0 Å². The van der Waals surface area contributed by atoms with Crippen LogP contribution in [0.25, 0.3) is 0 Å². The van der Waals surface area contributed by atoms with Crippen molar-refractivity contribution in [3.8, 4) is 0 Å². The Labute approximate surface area is 130 Å². The van der Waals surface area contributed by atoms with Gasteiger partial charge in [0, 0.05) is 24.4 Å². The number of ether oxygens (including phenoxy) is 1. The van der Waals surface area contributed by atoms with E-state index in [9.17, 15) is 9.59 Å². The molecule has 116 valence electrons. The number of hydrogen-bond acceptors (Lipinski definition) is 4. The molecular formula is C16H23NO3S. The highest BCUT2D eigenvalue weighted by Crippen LogP contribution is 2.20. The summed E-state index contributed by atoms with van der Waals surface area (Å²) < 4.78 is 5.04. The van der Waals surface area contributed by atoms with Crippen LogP contribution in [0.1, 0.15) is 37.5 Å². The van der Waals surface area contributed by atoms with Crippen molar-refractivity contribution in [3.05, 3.63) is 22.4 Å². The fourth-order valence-corrected chi connectivity index (χ4v) is 3.40. The lowest BCUT2D eigenvalue weighted by Gasteiger charge is -2.31. The second-order valence-electron chi connectivity index (χ2n) is 5.34. The molecule has 0 N–H and O–H groups in total. The van der Waals surface area contributed by atoms with Crippen LogP contribution in [-0.2, 0) is 20.7 Å². The minimum atomic E-state index is -0.109. The Bertz CT molecular complexity index is 450. The SMILES string of the molecule is CCOC(=O)C1CCN(C(=O)CCCc2cccs2)CC1. The lowest BCUT2D eigenvalue weighted by molar-refractivity contribution is -0.151. The Hall–Kier alpha value is -1.36. The predicted octanol–water partition coefficient (Wildman–Crippen LogP) is 2.87. The molecule has 0 aliphatic carbocycles. The van der Waals surface area contributed by atoms with Gasteiger partial charge in [-0.15, -0.1) is 11.3 Å². The van der Waals surface area contributed by atoms with E-state index in [4.69, 9.17) is 4.74 Å². The van der Waals surface area contributed by atoms with Crippen molar-refractivity contribution in [1.82, 2.24) is 4.90 Å². The third-order valence-electron chi connectivity index (χ3n) is 3.86. The van der Waals surface area contributed by atoms with Gasteiger partial charge < -0.3 is 9.64 Å². The standard InChI is InChI=1S/C16H23NO3S/c1-2-20-16(19)13-8-10-17(11-9-13)15(18)7-3-5-14-6-4-12-21-14/h4,6,12-13H,2-3,5,7-11H2,1H3. The number of esters is 1. The summed E-state index contributed by atoms with van der Waals surface area (Å²) in [5.74, 6) is 0.0799. The third kappa shape index (κ3) is 4.84. The fourth-order valence-electron chi connectivity index (χ4n) is 2.65. The minimum Gasteiger partial charge on any atom is -0.466 e. The molecule has 0 spiro atoms. The van der Waals surface area contributed by atoms with Gasteiger partial charge in [-0.1, -0.05) is 6.07 Å². The maximum atomic E-state index is 12.1. The highest BCUT2D eigenvalue weighted by Gasteiger charge is 2.27. The highest BCUT2D eigenvalue weighted by molar-refractivity contribution is 7.09. The number of likely N-dealkylation sites (tertiary alicyclic amines) is 1. The van der Waals surface area contributed by atoms with Gasteiger partial charge in [-0.2, -0.15) is 0 Å². The summed E-state index contributed by atoms with van der Waals surface area (Å²) in [5, 5.41) is 2.07. The van der Waals surface area contributed by atoms with E-state index in [1.807, 2.05) is 17.9 Å². The second-order valence-corrected chi connectivity index (χ2v) is 6.37. The molecule has 1 aliphatic rings. The van der Waals surface area contributed by atoms with Crippen LogP contribution in [-0.4, -0.2) is 36.5 Å². The molecule has 1 aromatic heterocycles. The molecule has 0 aromatic carbocycles. The van der Waals surface area contributed by atoms with E-state index in [-0.39, 0.29) is 17.8 Å². The second kappa shape index (κ2) is 8.17. The number of carbonyl (C=O) groups is 2. The zero-order valence-corrected chi connectivity index (χ0v) is 13.4. The summed E-state index contributed by atoms with van der Waals surface area (Å²) in [6, 6.07) is 4.15. The van der Waals surface area contributed by atoms with E-state index in [0.717, 1.165) is 25.7 Å². The molecular weight excluding hydrogens is 286 g/mol. The molecule has 2 heterocycles. The van der Waals surface area contributed by atoms with Gasteiger partial charge in [-0.25, -0.2) is 0 Å². The van der Waals surface area contributed by atoms with E-state index in [1.54, 1.807) is 11.3 Å². The van der Waals surface area contributed by atoms with Crippen LogP contribution < -0.4 is 0 Å². The van der Waals surface area contributed by atoms with Gasteiger partial charge >= 0.3 is 5.97 Å². The average molecular weight is 309 g/mol. The van der Waals surface area contributed by atoms with E-state index in [2.05, 4.69) is 11.4 Å². The van der Waals surface area contributed by atoms with E-state index < -0.39 is 0 Å². The maximum Gasteiger partial charge on any atom is 0.309 e. The number of hydrogen-bond donors (Lipinski definition) is 0. The maximum absolute atomic E-state index is 12.1. The normalized spacial score (nSPS) is 16.0. The zero-order valence-electron chi connectivity index (χ0n) is 12.5. The molecule has 1 saturated heterocycles. The predicted molar refractivity (Wildman–Crippen MR) is 83.2 cm³/mol. The molecule has 1 amide bonds. The number of thiophene rings is 1. The van der Waals surface area contributed by atoms with E-state index >= 15 is 0 Å². The first-order valence-electron chi connectivity index (χ1n) is 7.67. The van der Waals surface area contributed by atoms with Crippen LogP contribution in [0.3, 0.4) is 0 Å². The Morgan fingerprint density at radius 3 is 2.76 bits per heavy atom. The monoisotopic (exact) mass is 309 g/mol. The van der Waals surface area contributed by atoms with Gasteiger partial charge in [0.25, 0.3) is 0 Å². The number of nitrogens with zero attached hydrogens (tertiary/aromatic N) is 1. The van der Waals surface area contributed by atoms with Gasteiger partial charge in [0.2, 0.25) is 5.91 Å². The fraction of sp³-hybridized carbons (Fsp3) is 0.625. The van der Waals surface area contributed by atoms with Crippen LogP contribution in [0, 0.1) is 5.92 Å². The minimum absolute atomic E-state index is 0.0277. The molecule has 5 heteroatoms. The first-order valence-corrected chi connectivity index (χ1v) is 8.55. The van der Waals surface area contributed by atoms with Crippen LogP contribution in [0.4, 0.5) is 0 Å². The summed E-state index contributed by atoms with van der Waals surface area (Å²) in [5.41, 5.74) is 0. The number of piperidine rings is 1. The van der Waals surface area contributed by atoms with Crippen molar-refractivity contribution in [2.24, 2.45) is 5.92 Å². The summed E-state index contributed by atoms with van der Waals surface area (Å²) in [4.78, 5) is 27.0. The molecule has 0 atom stereocenters. The van der Waals surface area contributed by atoms with Crippen molar-refractivity contribution in [2.45, 2.75) is 39.0 Å². The van der Waals surface area contributed by atoms with Gasteiger partial charge in [0.05, 0.1) is 12.5 Å². The molecule has 4 nitrogen and oxygen atoms in total. The topological polar surface area (TPSA) is 46.6 Å². The summed E-state index contributed by atoms with van der Waals surface area (Å²) >= 11 is 1.74. The molecule has 1 fully saturated rings. The molecule has 1 aromatic rings. The molecule has 2 rings (SSSR count). The summed E-state index contributed by atoms with van der Waals surface area (Å²) in [7, 11) is 0. The zero-order chi connectivity index (χ0) is 15.1. The van der Waals surface area contributed by atoms with Gasteiger partial charge in [0.15, 0.2) is 0 Å². The Morgan fingerprint density at radius 2 is 2.14 bits per heavy atom. The lowest BCUT2D eigenvalue weighted by atomic mass is 9.96. The molecule has 1 aliphatic heterocycles. The number of carbonyl (C=O) groups excluding carboxylic acids is 2. The first kappa shape index (κ1) is 16.0.